The molecule has 0 bridgehead atoms. The van der Waals surface area contributed by atoms with Crippen LogP contribution in [0.3, 0.4) is 0 Å². The van der Waals surface area contributed by atoms with Gasteiger partial charge in [-0.2, -0.15) is 0 Å². The van der Waals surface area contributed by atoms with E-state index in [0.717, 1.165) is 19.4 Å². The predicted octanol–water partition coefficient (Wildman–Crippen LogP) is 2.33. The van der Waals surface area contributed by atoms with Crippen molar-refractivity contribution in [2.24, 2.45) is 0 Å². The zero-order chi connectivity index (χ0) is 12.4. The highest BCUT2D eigenvalue weighted by molar-refractivity contribution is 7.12. The molecule has 0 aromatic carbocycles. The number of hydrogen-bond acceptors (Lipinski definition) is 3. The van der Waals surface area contributed by atoms with Crippen LogP contribution in [0.4, 0.5) is 0 Å². The average molecular weight is 252 g/mol. The van der Waals surface area contributed by atoms with Gasteiger partial charge in [0.1, 0.15) is 0 Å². The number of nitrogens with zero attached hydrogens (tertiary/aromatic N) is 1. The predicted molar refractivity (Wildman–Crippen MR) is 71.3 cm³/mol. The minimum Gasteiger partial charge on any atom is -0.337 e. The van der Waals surface area contributed by atoms with Crippen LogP contribution in [0.15, 0.2) is 12.1 Å². The number of amides is 1. The Morgan fingerprint density at radius 2 is 2.35 bits per heavy atom. The molecule has 1 aliphatic rings. The SMILES string of the molecule is Cc1ccc(C(C)N(C)C(=O)[C@H]2CCCN2)s1. The average Bonchev–Trinajstić information content (AvgIpc) is 2.96. The summed E-state index contributed by atoms with van der Waals surface area (Å²) in [6.07, 6.45) is 2.08. The fourth-order valence-corrected chi connectivity index (χ4v) is 3.17. The smallest absolute Gasteiger partial charge is 0.239 e. The molecule has 1 saturated heterocycles. The third-order valence-electron chi connectivity index (χ3n) is 3.46. The molecule has 2 heterocycles. The van der Waals surface area contributed by atoms with Gasteiger partial charge in [0.15, 0.2) is 0 Å². The zero-order valence-electron chi connectivity index (χ0n) is 10.7. The zero-order valence-corrected chi connectivity index (χ0v) is 11.5. The summed E-state index contributed by atoms with van der Waals surface area (Å²) in [7, 11) is 1.90. The Bertz CT molecular complexity index is 396. The van der Waals surface area contributed by atoms with Gasteiger partial charge < -0.3 is 10.2 Å². The molecular weight excluding hydrogens is 232 g/mol. The number of hydrogen-bond donors (Lipinski definition) is 1. The first kappa shape index (κ1) is 12.6. The Hall–Kier alpha value is -0.870. The summed E-state index contributed by atoms with van der Waals surface area (Å²) in [4.78, 5) is 16.7. The molecular formula is C13H20N2OS. The van der Waals surface area contributed by atoms with Crippen LogP contribution in [0.2, 0.25) is 0 Å². The van der Waals surface area contributed by atoms with Gasteiger partial charge in [0.05, 0.1) is 12.1 Å². The Balaban J connectivity index is 2.03. The fourth-order valence-electron chi connectivity index (χ4n) is 2.20. The van der Waals surface area contributed by atoms with Crippen molar-refractivity contribution in [3.63, 3.8) is 0 Å². The van der Waals surface area contributed by atoms with E-state index in [4.69, 9.17) is 0 Å². The lowest BCUT2D eigenvalue weighted by atomic mass is 10.1. The first-order chi connectivity index (χ1) is 8.09. The molecule has 0 radical (unpaired) electrons. The molecule has 1 N–H and O–H groups in total. The van der Waals surface area contributed by atoms with Crippen molar-refractivity contribution in [3.05, 3.63) is 21.9 Å². The van der Waals surface area contributed by atoms with Gasteiger partial charge in [-0.25, -0.2) is 0 Å². The maximum Gasteiger partial charge on any atom is 0.239 e. The number of thiophene rings is 1. The maximum atomic E-state index is 12.2. The largest absolute Gasteiger partial charge is 0.337 e. The molecule has 1 fully saturated rings. The number of nitrogens with one attached hydrogen (secondary N) is 1. The molecule has 3 nitrogen and oxygen atoms in total. The van der Waals surface area contributed by atoms with Crippen molar-refractivity contribution in [1.82, 2.24) is 10.2 Å². The molecule has 1 amide bonds. The van der Waals surface area contributed by atoms with Gasteiger partial charge in [-0.1, -0.05) is 0 Å². The highest BCUT2D eigenvalue weighted by Crippen LogP contribution is 2.27. The van der Waals surface area contributed by atoms with Crippen LogP contribution in [0.5, 0.6) is 0 Å². The molecule has 2 rings (SSSR count). The van der Waals surface area contributed by atoms with Crippen LogP contribution in [-0.4, -0.2) is 30.4 Å². The Morgan fingerprint density at radius 1 is 1.59 bits per heavy atom. The third kappa shape index (κ3) is 2.69. The first-order valence-electron chi connectivity index (χ1n) is 6.16. The highest BCUT2D eigenvalue weighted by Gasteiger charge is 2.28. The second-order valence-electron chi connectivity index (χ2n) is 4.72. The van der Waals surface area contributed by atoms with Gasteiger partial charge in [0, 0.05) is 16.8 Å². The van der Waals surface area contributed by atoms with Gasteiger partial charge in [0.2, 0.25) is 5.91 Å². The van der Waals surface area contributed by atoms with E-state index in [1.165, 1.54) is 9.75 Å². The van der Waals surface area contributed by atoms with Gasteiger partial charge in [-0.05, 0) is 45.4 Å². The molecule has 0 aliphatic carbocycles. The van der Waals surface area contributed by atoms with Crippen molar-refractivity contribution in [2.45, 2.75) is 38.8 Å². The van der Waals surface area contributed by atoms with Gasteiger partial charge in [-0.15, -0.1) is 11.3 Å². The van der Waals surface area contributed by atoms with Crippen molar-refractivity contribution in [1.29, 1.82) is 0 Å². The number of likely N-dealkylation sites (N-methyl/N-ethyl adjacent to an activating group) is 1. The summed E-state index contributed by atoms with van der Waals surface area (Å²) in [5.74, 6) is 0.223. The minimum atomic E-state index is 0.0310. The summed E-state index contributed by atoms with van der Waals surface area (Å²) >= 11 is 1.77. The summed E-state index contributed by atoms with van der Waals surface area (Å²) in [6, 6.07) is 4.44. The van der Waals surface area contributed by atoms with Crippen LogP contribution in [-0.2, 0) is 4.79 Å². The quantitative estimate of drug-likeness (QED) is 0.895. The summed E-state index contributed by atoms with van der Waals surface area (Å²) in [5, 5.41) is 3.26. The molecule has 4 heteroatoms. The molecule has 1 aliphatic heterocycles. The second kappa shape index (κ2) is 5.19. The molecule has 1 aromatic rings. The third-order valence-corrected chi connectivity index (χ3v) is 4.63. The van der Waals surface area contributed by atoms with Crippen LogP contribution >= 0.6 is 11.3 Å². The number of aryl methyl sites for hydroxylation is 1. The summed E-state index contributed by atoms with van der Waals surface area (Å²) in [6.45, 7) is 5.16. The van der Waals surface area contributed by atoms with Crippen molar-refractivity contribution in [3.8, 4) is 0 Å². The molecule has 1 aromatic heterocycles. The molecule has 0 saturated carbocycles. The first-order valence-corrected chi connectivity index (χ1v) is 6.97. The van der Waals surface area contributed by atoms with E-state index in [-0.39, 0.29) is 18.0 Å². The van der Waals surface area contributed by atoms with E-state index in [0.29, 0.717) is 0 Å². The molecule has 0 spiro atoms. The van der Waals surface area contributed by atoms with Gasteiger partial charge in [0.25, 0.3) is 0 Å². The Kier molecular flexibility index (Phi) is 3.84. The van der Waals surface area contributed by atoms with Crippen molar-refractivity contribution >= 4 is 17.2 Å². The van der Waals surface area contributed by atoms with E-state index in [1.807, 2.05) is 11.9 Å². The van der Waals surface area contributed by atoms with Crippen molar-refractivity contribution < 1.29 is 4.79 Å². The molecule has 94 valence electrons. The van der Waals surface area contributed by atoms with Gasteiger partial charge >= 0.3 is 0 Å². The van der Waals surface area contributed by atoms with E-state index >= 15 is 0 Å². The standard InChI is InChI=1S/C13H20N2OS/c1-9-6-7-12(17-9)10(2)15(3)13(16)11-5-4-8-14-11/h6-7,10-11,14H,4-5,8H2,1-3H3/t10?,11-/m1/s1. The van der Waals surface area contributed by atoms with Gasteiger partial charge in [-0.3, -0.25) is 4.79 Å². The van der Waals surface area contributed by atoms with Crippen LogP contribution in [0.1, 0.15) is 35.6 Å². The second-order valence-corrected chi connectivity index (χ2v) is 6.04. The maximum absolute atomic E-state index is 12.2. The van der Waals surface area contributed by atoms with Crippen molar-refractivity contribution in [2.75, 3.05) is 13.6 Å². The van der Waals surface area contributed by atoms with Crippen LogP contribution in [0.25, 0.3) is 0 Å². The molecule has 2 atom stereocenters. The lowest BCUT2D eigenvalue weighted by molar-refractivity contribution is -0.133. The van der Waals surface area contributed by atoms with Crippen LogP contribution < -0.4 is 5.32 Å². The minimum absolute atomic E-state index is 0.0310. The van der Waals surface area contributed by atoms with E-state index in [2.05, 4.69) is 31.3 Å². The van der Waals surface area contributed by atoms with E-state index in [1.54, 1.807) is 11.3 Å². The molecule has 1 unspecified atom stereocenters. The molecule has 17 heavy (non-hydrogen) atoms. The summed E-state index contributed by atoms with van der Waals surface area (Å²) < 4.78 is 0. The Labute approximate surface area is 107 Å². The summed E-state index contributed by atoms with van der Waals surface area (Å²) in [5.41, 5.74) is 0. The number of carbonyl (C=O) groups is 1. The lowest BCUT2D eigenvalue weighted by Gasteiger charge is -2.27. The monoisotopic (exact) mass is 252 g/mol. The number of carbonyl (C=O) groups excluding carboxylic acids is 1. The van der Waals surface area contributed by atoms with E-state index < -0.39 is 0 Å². The van der Waals surface area contributed by atoms with Crippen LogP contribution in [0, 0.1) is 6.92 Å². The highest BCUT2D eigenvalue weighted by atomic mass is 32.1. The van der Waals surface area contributed by atoms with E-state index in [9.17, 15) is 4.79 Å². The fraction of sp³-hybridized carbons (Fsp3) is 0.615. The number of rotatable bonds is 3. The lowest BCUT2D eigenvalue weighted by Crippen LogP contribution is -2.42. The normalized spacial score (nSPS) is 21.5. The topological polar surface area (TPSA) is 32.3 Å². The Morgan fingerprint density at radius 3 is 2.88 bits per heavy atom.